The van der Waals surface area contributed by atoms with E-state index in [0.29, 0.717) is 9.93 Å². The van der Waals surface area contributed by atoms with E-state index in [4.69, 9.17) is 11.6 Å². The van der Waals surface area contributed by atoms with Gasteiger partial charge in [-0.3, -0.25) is 14.5 Å². The van der Waals surface area contributed by atoms with Gasteiger partial charge < -0.3 is 4.90 Å². The summed E-state index contributed by atoms with van der Waals surface area (Å²) in [6.07, 6.45) is 4.30. The minimum atomic E-state index is -0.243. The third-order valence-corrected chi connectivity index (χ3v) is 6.30. The highest BCUT2D eigenvalue weighted by Crippen LogP contribution is 2.34. The lowest BCUT2D eigenvalue weighted by molar-refractivity contribution is -0.123. The number of imide groups is 1. The van der Waals surface area contributed by atoms with Crippen molar-refractivity contribution in [1.82, 2.24) is 4.90 Å². The molecule has 2 aromatic carbocycles. The number of carbonyl (C=O) groups is 2. The van der Waals surface area contributed by atoms with E-state index in [1.165, 1.54) is 23.4 Å². The summed E-state index contributed by atoms with van der Waals surface area (Å²) in [6, 6.07) is 13.5. The molecule has 0 radical (unpaired) electrons. The first-order chi connectivity index (χ1) is 13.5. The average molecular weight is 413 g/mol. The maximum Gasteiger partial charge on any atom is 0.293 e. The Balaban J connectivity index is 1.52. The fourth-order valence-corrected chi connectivity index (χ4v) is 4.50. The highest BCUT2D eigenvalue weighted by Gasteiger charge is 2.35. The molecule has 0 bridgehead atoms. The second-order valence-corrected chi connectivity index (χ2v) is 8.56. The van der Waals surface area contributed by atoms with Crippen LogP contribution in [0.3, 0.4) is 0 Å². The fourth-order valence-electron chi connectivity index (χ4n) is 3.54. The molecule has 6 heteroatoms. The Bertz CT molecular complexity index is 950. The van der Waals surface area contributed by atoms with Gasteiger partial charge in [-0.15, -0.1) is 0 Å². The van der Waals surface area contributed by atoms with Crippen molar-refractivity contribution in [2.75, 3.05) is 18.0 Å². The molecular weight excluding hydrogens is 392 g/mol. The molecule has 4 rings (SSSR count). The molecule has 0 atom stereocenters. The van der Waals surface area contributed by atoms with Gasteiger partial charge in [-0.1, -0.05) is 29.8 Å². The summed E-state index contributed by atoms with van der Waals surface area (Å²) in [5.41, 5.74) is 4.18. The number of benzene rings is 2. The van der Waals surface area contributed by atoms with Gasteiger partial charge in [0, 0.05) is 23.8 Å². The van der Waals surface area contributed by atoms with Crippen molar-refractivity contribution in [2.24, 2.45) is 0 Å². The van der Waals surface area contributed by atoms with Gasteiger partial charge in [0.2, 0.25) is 0 Å². The quantitative estimate of drug-likeness (QED) is 0.623. The van der Waals surface area contributed by atoms with Crippen LogP contribution in [0.2, 0.25) is 5.02 Å². The van der Waals surface area contributed by atoms with Crippen LogP contribution in [0, 0.1) is 6.92 Å². The van der Waals surface area contributed by atoms with E-state index in [0.717, 1.165) is 41.5 Å². The fraction of sp³-hybridized carbons (Fsp3) is 0.273. The number of hydrogen-bond donors (Lipinski definition) is 0. The van der Waals surface area contributed by atoms with Gasteiger partial charge in [-0.25, -0.2) is 0 Å². The SMILES string of the molecule is Cc1cc(N2CCCC2)ccc1/C=C1\SC(=O)N(Cc2ccc(Cl)cc2)C1=O. The Morgan fingerprint density at radius 3 is 2.46 bits per heavy atom. The number of aryl methyl sites for hydroxylation is 1. The monoisotopic (exact) mass is 412 g/mol. The van der Waals surface area contributed by atoms with Crippen LogP contribution < -0.4 is 4.90 Å². The number of carbonyl (C=O) groups excluding carboxylic acids is 2. The molecular formula is C22H21ClN2O2S. The van der Waals surface area contributed by atoms with E-state index < -0.39 is 0 Å². The van der Waals surface area contributed by atoms with Crippen molar-refractivity contribution >= 4 is 46.3 Å². The number of halogens is 1. The normalized spacial score (nSPS) is 18.6. The predicted octanol–water partition coefficient (Wildman–Crippen LogP) is 5.49. The van der Waals surface area contributed by atoms with Crippen molar-refractivity contribution < 1.29 is 9.59 Å². The van der Waals surface area contributed by atoms with Crippen LogP contribution >= 0.6 is 23.4 Å². The van der Waals surface area contributed by atoms with Gasteiger partial charge in [-0.05, 0) is 78.6 Å². The molecule has 28 heavy (non-hydrogen) atoms. The van der Waals surface area contributed by atoms with Crippen molar-refractivity contribution in [3.05, 3.63) is 69.1 Å². The minimum Gasteiger partial charge on any atom is -0.372 e. The summed E-state index contributed by atoms with van der Waals surface area (Å²) in [7, 11) is 0. The molecule has 0 N–H and O–H groups in total. The largest absolute Gasteiger partial charge is 0.372 e. The van der Waals surface area contributed by atoms with E-state index in [2.05, 4.69) is 17.0 Å². The van der Waals surface area contributed by atoms with E-state index in [1.807, 2.05) is 31.2 Å². The molecule has 4 nitrogen and oxygen atoms in total. The zero-order valence-corrected chi connectivity index (χ0v) is 17.2. The van der Waals surface area contributed by atoms with Crippen molar-refractivity contribution in [3.8, 4) is 0 Å². The van der Waals surface area contributed by atoms with Crippen LogP contribution in [0.15, 0.2) is 47.4 Å². The standard InChI is InChI=1S/C22H21ClN2O2S/c1-15-12-19(24-10-2-3-11-24)9-6-17(15)13-20-21(26)25(22(27)28-20)14-16-4-7-18(23)8-5-16/h4-9,12-13H,2-3,10-11,14H2,1H3/b20-13-. The first kappa shape index (κ1) is 19.1. The third-order valence-electron chi connectivity index (χ3n) is 5.14. The lowest BCUT2D eigenvalue weighted by atomic mass is 10.1. The summed E-state index contributed by atoms with van der Waals surface area (Å²) >= 11 is 6.90. The van der Waals surface area contributed by atoms with E-state index in [1.54, 1.807) is 12.1 Å². The van der Waals surface area contributed by atoms with E-state index in [9.17, 15) is 9.59 Å². The number of rotatable bonds is 4. The third kappa shape index (κ3) is 3.96. The van der Waals surface area contributed by atoms with Gasteiger partial charge in [0.05, 0.1) is 11.4 Å². The van der Waals surface area contributed by atoms with Crippen LogP contribution in [0.5, 0.6) is 0 Å². The van der Waals surface area contributed by atoms with Crippen molar-refractivity contribution in [2.45, 2.75) is 26.3 Å². The Labute approximate surface area is 174 Å². The first-order valence-electron chi connectivity index (χ1n) is 9.37. The number of thioether (sulfide) groups is 1. The molecule has 0 aromatic heterocycles. The Kier molecular flexibility index (Phi) is 5.47. The Morgan fingerprint density at radius 1 is 1.07 bits per heavy atom. The second kappa shape index (κ2) is 8.02. The van der Waals surface area contributed by atoms with Gasteiger partial charge in [0.1, 0.15) is 0 Å². The van der Waals surface area contributed by atoms with Gasteiger partial charge in [0.15, 0.2) is 0 Å². The Hall–Kier alpha value is -2.24. The molecule has 2 aliphatic rings. The predicted molar refractivity (Wildman–Crippen MR) is 116 cm³/mol. The highest BCUT2D eigenvalue weighted by molar-refractivity contribution is 8.18. The number of anilines is 1. The first-order valence-corrected chi connectivity index (χ1v) is 10.6. The number of hydrogen-bond acceptors (Lipinski definition) is 4. The van der Waals surface area contributed by atoms with Crippen molar-refractivity contribution in [3.63, 3.8) is 0 Å². The maximum atomic E-state index is 12.8. The summed E-state index contributed by atoms with van der Waals surface area (Å²) < 4.78 is 0. The Morgan fingerprint density at radius 2 is 1.79 bits per heavy atom. The summed E-state index contributed by atoms with van der Waals surface area (Å²) in [5.74, 6) is -0.243. The summed E-state index contributed by atoms with van der Waals surface area (Å²) in [5, 5.41) is 0.392. The molecule has 2 fully saturated rings. The number of nitrogens with zero attached hydrogens (tertiary/aromatic N) is 2. The maximum absolute atomic E-state index is 12.8. The lowest BCUT2D eigenvalue weighted by Crippen LogP contribution is -2.27. The second-order valence-electron chi connectivity index (χ2n) is 7.13. The van der Waals surface area contributed by atoms with Crippen LogP contribution in [-0.4, -0.2) is 29.1 Å². The smallest absolute Gasteiger partial charge is 0.293 e. The van der Waals surface area contributed by atoms with E-state index >= 15 is 0 Å². The summed E-state index contributed by atoms with van der Waals surface area (Å²) in [4.78, 5) is 29.3. The molecule has 2 aromatic rings. The molecule has 0 spiro atoms. The lowest BCUT2D eigenvalue weighted by Gasteiger charge is -2.18. The molecule has 0 aliphatic carbocycles. The average Bonchev–Trinajstić information content (AvgIpc) is 3.30. The van der Waals surface area contributed by atoms with Gasteiger partial charge in [-0.2, -0.15) is 0 Å². The van der Waals surface area contributed by atoms with Crippen molar-refractivity contribution in [1.29, 1.82) is 0 Å². The van der Waals surface area contributed by atoms with Crippen LogP contribution in [-0.2, 0) is 11.3 Å². The molecule has 2 amide bonds. The van der Waals surface area contributed by atoms with Gasteiger partial charge >= 0.3 is 0 Å². The molecule has 2 heterocycles. The summed E-state index contributed by atoms with van der Waals surface area (Å²) in [6.45, 7) is 4.50. The van der Waals surface area contributed by atoms with Crippen LogP contribution in [0.4, 0.5) is 10.5 Å². The van der Waals surface area contributed by atoms with Crippen LogP contribution in [0.25, 0.3) is 6.08 Å². The molecule has 0 unspecified atom stereocenters. The molecule has 0 saturated carbocycles. The van der Waals surface area contributed by atoms with Gasteiger partial charge in [0.25, 0.3) is 11.1 Å². The topological polar surface area (TPSA) is 40.6 Å². The molecule has 2 aliphatic heterocycles. The zero-order chi connectivity index (χ0) is 19.7. The van der Waals surface area contributed by atoms with E-state index in [-0.39, 0.29) is 17.7 Å². The number of amides is 2. The molecule has 144 valence electrons. The highest BCUT2D eigenvalue weighted by atomic mass is 35.5. The molecule has 2 saturated heterocycles. The van der Waals surface area contributed by atoms with Crippen LogP contribution in [0.1, 0.15) is 29.5 Å². The minimum absolute atomic E-state index is 0.238. The zero-order valence-electron chi connectivity index (χ0n) is 15.7.